The number of aliphatic hydroxyl groups excluding tert-OH is 4. The summed E-state index contributed by atoms with van der Waals surface area (Å²) < 4.78 is 32.6. The fourth-order valence-electron chi connectivity index (χ4n) is 4.02. The number of phenolic OH excluding ortho intramolecular Hbond substituents is 2. The summed E-state index contributed by atoms with van der Waals surface area (Å²) in [6.45, 7) is -0.685. The molecule has 3 aromatic rings. The first kappa shape index (κ1) is 26.3. The molecule has 200 valence electrons. The van der Waals surface area contributed by atoms with E-state index < -0.39 is 48.5 Å². The van der Waals surface area contributed by atoms with E-state index in [2.05, 4.69) is 0 Å². The third-order valence-corrected chi connectivity index (χ3v) is 5.96. The monoisotopic (exact) mass is 522 g/mol. The van der Waals surface area contributed by atoms with Gasteiger partial charge in [-0.1, -0.05) is 0 Å². The molecule has 13 nitrogen and oxygen atoms in total. The highest BCUT2D eigenvalue weighted by atomic mass is 16.7. The van der Waals surface area contributed by atoms with Crippen LogP contribution in [-0.4, -0.2) is 89.3 Å². The van der Waals surface area contributed by atoms with Crippen molar-refractivity contribution >= 4 is 11.0 Å². The summed E-state index contributed by atoms with van der Waals surface area (Å²) in [5, 5.41) is 60.8. The smallest absolute Gasteiger partial charge is 0.239 e. The Hall–Kier alpha value is -3.75. The third kappa shape index (κ3) is 4.58. The van der Waals surface area contributed by atoms with E-state index >= 15 is 0 Å². The van der Waals surface area contributed by atoms with Gasteiger partial charge in [0.25, 0.3) is 0 Å². The number of aliphatic hydroxyl groups is 4. The Labute approximate surface area is 209 Å². The van der Waals surface area contributed by atoms with E-state index in [1.54, 1.807) is 0 Å². The number of methoxy groups -OCH3 is 3. The second-order valence-corrected chi connectivity index (χ2v) is 8.15. The fourth-order valence-corrected chi connectivity index (χ4v) is 4.02. The van der Waals surface area contributed by atoms with Crippen LogP contribution < -0.4 is 24.4 Å². The van der Waals surface area contributed by atoms with Crippen LogP contribution in [0.5, 0.6) is 34.5 Å². The van der Waals surface area contributed by atoms with Crippen molar-refractivity contribution in [1.29, 1.82) is 0 Å². The van der Waals surface area contributed by atoms with Gasteiger partial charge >= 0.3 is 0 Å². The van der Waals surface area contributed by atoms with E-state index in [4.69, 9.17) is 28.1 Å². The van der Waals surface area contributed by atoms with Gasteiger partial charge < -0.3 is 58.7 Å². The first-order valence-electron chi connectivity index (χ1n) is 10.9. The van der Waals surface area contributed by atoms with Crippen molar-refractivity contribution in [3.63, 3.8) is 0 Å². The second-order valence-electron chi connectivity index (χ2n) is 8.15. The highest BCUT2D eigenvalue weighted by Gasteiger charge is 2.45. The quantitative estimate of drug-likeness (QED) is 0.244. The van der Waals surface area contributed by atoms with Crippen molar-refractivity contribution in [3.05, 3.63) is 34.5 Å². The third-order valence-electron chi connectivity index (χ3n) is 5.96. The van der Waals surface area contributed by atoms with Gasteiger partial charge in [-0.15, -0.1) is 0 Å². The lowest BCUT2D eigenvalue weighted by molar-refractivity contribution is -0.277. The summed E-state index contributed by atoms with van der Waals surface area (Å²) in [6, 6.07) is 4.94. The van der Waals surface area contributed by atoms with Crippen LogP contribution in [0.25, 0.3) is 22.3 Å². The molecule has 2 heterocycles. The minimum absolute atomic E-state index is 0.0616. The molecular formula is C24H26O13. The standard InChI is InChI=1S/C24H26O13/c1-32-9-4-12(27)17-15(5-9)35-22(23(34-3)19(17)29)10-6-11(26)14(33-2)7-13(10)36-24-21(31)20(30)18(28)16(8-25)37-24/h4-7,16,18,20-21,24-28,30-31H,8H2,1-3H3/t16?,18-,20+,21?,24-/m1/s1. The number of rotatable bonds is 7. The molecule has 37 heavy (non-hydrogen) atoms. The summed E-state index contributed by atoms with van der Waals surface area (Å²) in [6.07, 6.45) is -7.95. The van der Waals surface area contributed by atoms with Gasteiger partial charge in [0.2, 0.25) is 17.5 Å². The van der Waals surface area contributed by atoms with Crippen molar-refractivity contribution in [2.24, 2.45) is 0 Å². The predicted octanol–water partition coefficient (Wildman–Crippen LogP) is 0.0757. The Bertz CT molecular complexity index is 1350. The maximum atomic E-state index is 13.2. The molecule has 1 fully saturated rings. The molecule has 1 aliphatic rings. The Morgan fingerprint density at radius 2 is 1.59 bits per heavy atom. The molecule has 1 aliphatic heterocycles. The summed E-state index contributed by atoms with van der Waals surface area (Å²) in [4.78, 5) is 13.2. The van der Waals surface area contributed by atoms with Crippen LogP contribution in [-0.2, 0) is 4.74 Å². The van der Waals surface area contributed by atoms with E-state index in [-0.39, 0.29) is 51.0 Å². The molecule has 6 N–H and O–H groups in total. The molecular weight excluding hydrogens is 496 g/mol. The number of fused-ring (bicyclic) bond motifs is 1. The molecule has 1 saturated heterocycles. The normalized spacial score (nSPS) is 23.6. The van der Waals surface area contributed by atoms with Gasteiger partial charge in [0, 0.05) is 18.2 Å². The lowest BCUT2D eigenvalue weighted by Gasteiger charge is -2.39. The Morgan fingerprint density at radius 3 is 2.22 bits per heavy atom. The number of hydrogen-bond donors (Lipinski definition) is 6. The summed E-state index contributed by atoms with van der Waals surface area (Å²) >= 11 is 0. The van der Waals surface area contributed by atoms with Crippen LogP contribution in [0.4, 0.5) is 0 Å². The van der Waals surface area contributed by atoms with E-state index in [0.717, 1.165) is 6.07 Å². The number of benzene rings is 2. The van der Waals surface area contributed by atoms with Crippen LogP contribution in [0.3, 0.4) is 0 Å². The maximum Gasteiger partial charge on any atom is 0.239 e. The van der Waals surface area contributed by atoms with Crippen molar-refractivity contribution in [2.45, 2.75) is 30.7 Å². The number of phenols is 2. The average Bonchev–Trinajstić information content (AvgIpc) is 2.88. The lowest BCUT2D eigenvalue weighted by Crippen LogP contribution is -2.60. The minimum atomic E-state index is -1.75. The average molecular weight is 522 g/mol. The van der Waals surface area contributed by atoms with Crippen molar-refractivity contribution < 1.29 is 58.7 Å². The molecule has 13 heteroatoms. The maximum absolute atomic E-state index is 13.2. The molecule has 0 aliphatic carbocycles. The molecule has 5 atom stereocenters. The number of hydrogen-bond acceptors (Lipinski definition) is 13. The Balaban J connectivity index is 1.92. The first-order valence-corrected chi connectivity index (χ1v) is 10.9. The van der Waals surface area contributed by atoms with Crippen LogP contribution >= 0.6 is 0 Å². The van der Waals surface area contributed by atoms with Gasteiger partial charge in [-0.25, -0.2) is 0 Å². The van der Waals surface area contributed by atoms with Crippen molar-refractivity contribution in [3.8, 4) is 45.8 Å². The van der Waals surface area contributed by atoms with Crippen LogP contribution in [0, 0.1) is 0 Å². The molecule has 0 radical (unpaired) electrons. The summed E-state index contributed by atoms with van der Waals surface area (Å²) in [7, 11) is 3.83. The fraction of sp³-hybridized carbons (Fsp3) is 0.375. The second kappa shape index (κ2) is 10.3. The van der Waals surface area contributed by atoms with Crippen molar-refractivity contribution in [1.82, 2.24) is 0 Å². The zero-order valence-corrected chi connectivity index (χ0v) is 19.9. The molecule has 2 aromatic carbocycles. The van der Waals surface area contributed by atoms with Gasteiger partial charge in [-0.2, -0.15) is 0 Å². The van der Waals surface area contributed by atoms with Gasteiger partial charge in [0.05, 0.1) is 33.5 Å². The largest absolute Gasteiger partial charge is 0.507 e. The highest BCUT2D eigenvalue weighted by Crippen LogP contribution is 2.44. The van der Waals surface area contributed by atoms with Crippen LogP contribution in [0.2, 0.25) is 0 Å². The van der Waals surface area contributed by atoms with Crippen molar-refractivity contribution in [2.75, 3.05) is 27.9 Å². The molecule has 0 saturated carbocycles. The zero-order valence-electron chi connectivity index (χ0n) is 19.9. The molecule has 0 amide bonds. The highest BCUT2D eigenvalue weighted by molar-refractivity contribution is 5.89. The predicted molar refractivity (Wildman–Crippen MR) is 125 cm³/mol. The van der Waals surface area contributed by atoms with E-state index in [0.29, 0.717) is 0 Å². The summed E-state index contributed by atoms with van der Waals surface area (Å²) in [5.74, 6) is -1.40. The molecule has 1 aromatic heterocycles. The minimum Gasteiger partial charge on any atom is -0.507 e. The van der Waals surface area contributed by atoms with Gasteiger partial charge in [-0.3, -0.25) is 4.79 Å². The zero-order chi connectivity index (χ0) is 27.0. The van der Waals surface area contributed by atoms with Crippen LogP contribution in [0.15, 0.2) is 33.5 Å². The topological polar surface area (TPSA) is 198 Å². The molecule has 4 rings (SSSR count). The lowest BCUT2D eigenvalue weighted by atomic mass is 9.99. The SMILES string of the molecule is COc1cc(O)c2c(=O)c(OC)c(-c3cc(O)c(OC)cc3O[C@@H]3OC(CO)[C@@H](O)[C@H](O)C3O)oc2c1. The number of ether oxygens (including phenoxy) is 5. The summed E-state index contributed by atoms with van der Waals surface area (Å²) in [5.41, 5.74) is -0.881. The van der Waals surface area contributed by atoms with E-state index in [1.807, 2.05) is 0 Å². The molecule has 0 spiro atoms. The number of aromatic hydroxyl groups is 2. The first-order chi connectivity index (χ1) is 17.6. The van der Waals surface area contributed by atoms with Gasteiger partial charge in [0.1, 0.15) is 52.6 Å². The Morgan fingerprint density at radius 1 is 0.865 bits per heavy atom. The van der Waals surface area contributed by atoms with Gasteiger partial charge in [0.15, 0.2) is 17.3 Å². The van der Waals surface area contributed by atoms with E-state index in [9.17, 15) is 35.4 Å². The molecule has 2 unspecified atom stereocenters. The van der Waals surface area contributed by atoms with Crippen LogP contribution in [0.1, 0.15) is 0 Å². The Kier molecular flexibility index (Phi) is 7.34. The molecule has 0 bridgehead atoms. The van der Waals surface area contributed by atoms with Gasteiger partial charge in [-0.05, 0) is 6.07 Å². The van der Waals surface area contributed by atoms with E-state index in [1.165, 1.54) is 39.5 Å².